The predicted molar refractivity (Wildman–Crippen MR) is 95.7 cm³/mol. The highest BCUT2D eigenvalue weighted by Crippen LogP contribution is 2.36. The number of hydrogen-bond donors (Lipinski definition) is 1. The second-order valence-electron chi connectivity index (χ2n) is 6.15. The molecule has 0 spiro atoms. The van der Waals surface area contributed by atoms with Crippen LogP contribution in [-0.4, -0.2) is 49.2 Å². The SMILES string of the molecule is CSN1CCC(Nc2ncc(C(F)(F)F)c(-c3ncn(C)c3C#N)n2)CC1. The molecule has 0 radical (unpaired) electrons. The van der Waals surface area contributed by atoms with Crippen LogP contribution < -0.4 is 5.32 Å². The van der Waals surface area contributed by atoms with E-state index in [1.807, 2.05) is 12.3 Å². The first-order chi connectivity index (χ1) is 12.8. The summed E-state index contributed by atoms with van der Waals surface area (Å²) in [6, 6.07) is 1.96. The number of halogens is 3. The maximum Gasteiger partial charge on any atom is 0.420 e. The van der Waals surface area contributed by atoms with Crippen LogP contribution in [0.1, 0.15) is 24.1 Å². The Labute approximate surface area is 158 Å². The molecule has 0 aromatic carbocycles. The third-order valence-corrected chi connectivity index (χ3v) is 5.29. The smallest absolute Gasteiger partial charge is 0.351 e. The number of rotatable bonds is 4. The van der Waals surface area contributed by atoms with Gasteiger partial charge in [0, 0.05) is 32.4 Å². The van der Waals surface area contributed by atoms with E-state index < -0.39 is 17.4 Å². The van der Waals surface area contributed by atoms with Crippen molar-refractivity contribution in [3.8, 4) is 17.5 Å². The van der Waals surface area contributed by atoms with Crippen LogP contribution in [0.2, 0.25) is 0 Å². The lowest BCUT2D eigenvalue weighted by Crippen LogP contribution is -2.35. The number of hydrogen-bond acceptors (Lipinski definition) is 7. The maximum absolute atomic E-state index is 13.4. The number of anilines is 1. The lowest BCUT2D eigenvalue weighted by molar-refractivity contribution is -0.137. The Morgan fingerprint density at radius 2 is 1.96 bits per heavy atom. The van der Waals surface area contributed by atoms with E-state index in [0.717, 1.165) is 32.1 Å². The fraction of sp³-hybridized carbons (Fsp3) is 0.500. The molecule has 2 aromatic rings. The van der Waals surface area contributed by atoms with Crippen molar-refractivity contribution in [2.45, 2.75) is 25.1 Å². The van der Waals surface area contributed by atoms with Crippen LogP contribution in [0.25, 0.3) is 11.4 Å². The molecule has 2 aromatic heterocycles. The fourth-order valence-corrected chi connectivity index (χ4v) is 3.52. The van der Waals surface area contributed by atoms with Gasteiger partial charge in [-0.1, -0.05) is 11.9 Å². The van der Waals surface area contributed by atoms with Crippen molar-refractivity contribution in [3.63, 3.8) is 0 Å². The van der Waals surface area contributed by atoms with Gasteiger partial charge >= 0.3 is 6.18 Å². The summed E-state index contributed by atoms with van der Waals surface area (Å²) in [5.41, 5.74) is -1.49. The first-order valence-corrected chi connectivity index (χ1v) is 9.43. The summed E-state index contributed by atoms with van der Waals surface area (Å²) in [6.45, 7) is 1.76. The van der Waals surface area contributed by atoms with E-state index in [-0.39, 0.29) is 23.4 Å². The molecule has 0 bridgehead atoms. The summed E-state index contributed by atoms with van der Waals surface area (Å²) in [4.78, 5) is 11.9. The summed E-state index contributed by atoms with van der Waals surface area (Å²) in [5, 5.41) is 12.4. The minimum Gasteiger partial charge on any atom is -0.351 e. The first kappa shape index (κ1) is 19.4. The van der Waals surface area contributed by atoms with Crippen LogP contribution in [0.4, 0.5) is 19.1 Å². The zero-order chi connectivity index (χ0) is 19.6. The van der Waals surface area contributed by atoms with Gasteiger partial charge in [0.15, 0.2) is 0 Å². The molecule has 1 N–H and O–H groups in total. The summed E-state index contributed by atoms with van der Waals surface area (Å²) in [5.74, 6) is 0.107. The van der Waals surface area contributed by atoms with Crippen LogP contribution >= 0.6 is 11.9 Å². The standard InChI is InChI=1S/C16H18F3N7S/c1-25-9-22-14(12(25)7-20)13-11(16(17,18)19)8-21-15(24-13)23-10-3-5-26(27-2)6-4-10/h8-10H,3-6H2,1-2H3,(H,21,23,24). The lowest BCUT2D eigenvalue weighted by atomic mass is 10.1. The van der Waals surface area contributed by atoms with Gasteiger partial charge < -0.3 is 9.88 Å². The molecule has 1 aliphatic rings. The van der Waals surface area contributed by atoms with E-state index in [1.165, 1.54) is 10.9 Å². The highest BCUT2D eigenvalue weighted by Gasteiger charge is 2.37. The normalized spacial score (nSPS) is 16.3. The Kier molecular flexibility index (Phi) is 5.57. The van der Waals surface area contributed by atoms with Crippen molar-refractivity contribution in [2.24, 2.45) is 7.05 Å². The molecular weight excluding hydrogens is 379 g/mol. The summed E-state index contributed by atoms with van der Waals surface area (Å²) in [6.07, 6.45) is 1.08. The third-order valence-electron chi connectivity index (χ3n) is 4.41. The molecule has 7 nitrogen and oxygen atoms in total. The molecule has 27 heavy (non-hydrogen) atoms. The van der Waals surface area contributed by atoms with Gasteiger partial charge in [-0.25, -0.2) is 15.0 Å². The van der Waals surface area contributed by atoms with Crippen molar-refractivity contribution in [1.82, 2.24) is 23.8 Å². The van der Waals surface area contributed by atoms with Crippen LogP contribution in [0, 0.1) is 11.3 Å². The van der Waals surface area contributed by atoms with E-state index in [9.17, 15) is 18.4 Å². The number of alkyl halides is 3. The molecule has 3 heterocycles. The second kappa shape index (κ2) is 7.74. The number of nitrogens with one attached hydrogen (secondary N) is 1. The van der Waals surface area contributed by atoms with Crippen LogP contribution in [0.15, 0.2) is 12.5 Å². The molecule has 1 fully saturated rings. The van der Waals surface area contributed by atoms with Crippen LogP contribution in [0.5, 0.6) is 0 Å². The summed E-state index contributed by atoms with van der Waals surface area (Å²) in [7, 11) is 1.54. The highest BCUT2D eigenvalue weighted by atomic mass is 32.2. The number of nitriles is 1. The minimum atomic E-state index is -4.65. The molecule has 0 saturated carbocycles. The summed E-state index contributed by atoms with van der Waals surface area (Å²) < 4.78 is 43.9. The van der Waals surface area contributed by atoms with Gasteiger partial charge in [0.2, 0.25) is 5.95 Å². The van der Waals surface area contributed by atoms with Gasteiger partial charge in [-0.3, -0.25) is 4.31 Å². The fourth-order valence-electron chi connectivity index (χ4n) is 2.94. The van der Waals surface area contributed by atoms with Gasteiger partial charge in [0.05, 0.1) is 6.33 Å². The Morgan fingerprint density at radius 1 is 1.26 bits per heavy atom. The van der Waals surface area contributed by atoms with E-state index in [2.05, 4.69) is 24.6 Å². The zero-order valence-electron chi connectivity index (χ0n) is 14.8. The number of imidazole rings is 1. The molecule has 1 saturated heterocycles. The largest absolute Gasteiger partial charge is 0.420 e. The Hall–Kier alpha value is -2.32. The first-order valence-electron chi connectivity index (χ1n) is 8.25. The quantitative estimate of drug-likeness (QED) is 0.795. The van der Waals surface area contributed by atoms with E-state index >= 15 is 0 Å². The van der Waals surface area contributed by atoms with Crippen LogP contribution in [0.3, 0.4) is 0 Å². The average molecular weight is 397 g/mol. The monoisotopic (exact) mass is 397 g/mol. The summed E-state index contributed by atoms with van der Waals surface area (Å²) >= 11 is 1.67. The second-order valence-corrected chi connectivity index (χ2v) is 7.03. The number of aryl methyl sites for hydroxylation is 1. The molecule has 1 aliphatic heterocycles. The van der Waals surface area contributed by atoms with Crippen molar-refractivity contribution in [3.05, 3.63) is 23.8 Å². The van der Waals surface area contributed by atoms with Crippen molar-refractivity contribution >= 4 is 17.9 Å². The molecule has 0 unspecified atom stereocenters. The Morgan fingerprint density at radius 3 is 2.56 bits per heavy atom. The third kappa shape index (κ3) is 4.17. The Balaban J connectivity index is 1.93. The highest BCUT2D eigenvalue weighted by molar-refractivity contribution is 7.96. The maximum atomic E-state index is 13.4. The average Bonchev–Trinajstić information content (AvgIpc) is 3.02. The number of aromatic nitrogens is 4. The molecular formula is C16H18F3N7S. The van der Waals surface area contributed by atoms with E-state index in [4.69, 9.17) is 0 Å². The minimum absolute atomic E-state index is 0.0124. The number of piperidine rings is 1. The topological polar surface area (TPSA) is 82.7 Å². The van der Waals surface area contributed by atoms with E-state index in [0.29, 0.717) is 0 Å². The molecule has 0 atom stereocenters. The van der Waals surface area contributed by atoms with Crippen molar-refractivity contribution in [2.75, 3.05) is 24.7 Å². The molecule has 144 valence electrons. The van der Waals surface area contributed by atoms with Crippen molar-refractivity contribution < 1.29 is 13.2 Å². The van der Waals surface area contributed by atoms with Gasteiger partial charge in [0.25, 0.3) is 0 Å². The molecule has 0 aliphatic carbocycles. The van der Waals surface area contributed by atoms with Gasteiger partial charge in [-0.05, 0) is 19.1 Å². The molecule has 11 heteroatoms. The molecule has 3 rings (SSSR count). The van der Waals surface area contributed by atoms with Gasteiger partial charge in [-0.2, -0.15) is 18.4 Å². The predicted octanol–water partition coefficient (Wildman–Crippen LogP) is 2.92. The van der Waals surface area contributed by atoms with Crippen molar-refractivity contribution in [1.29, 1.82) is 5.26 Å². The van der Waals surface area contributed by atoms with E-state index in [1.54, 1.807) is 19.0 Å². The lowest BCUT2D eigenvalue weighted by Gasteiger charge is -2.30. The van der Waals surface area contributed by atoms with Gasteiger partial charge in [-0.15, -0.1) is 0 Å². The number of nitrogens with zero attached hydrogens (tertiary/aromatic N) is 6. The molecule has 0 amide bonds. The Bertz CT molecular complexity index is 851. The zero-order valence-corrected chi connectivity index (χ0v) is 15.6. The van der Waals surface area contributed by atoms with Gasteiger partial charge in [0.1, 0.15) is 28.7 Å². The van der Waals surface area contributed by atoms with Crippen LogP contribution in [-0.2, 0) is 13.2 Å².